The fourth-order valence-electron chi connectivity index (χ4n) is 2.20. The minimum absolute atomic E-state index is 0.285. The Morgan fingerprint density at radius 1 is 1.23 bits per heavy atom. The minimum Gasteiger partial charge on any atom is -0.481 e. The van der Waals surface area contributed by atoms with E-state index >= 15 is 0 Å². The number of ether oxygens (including phenoxy) is 1. The predicted octanol–water partition coefficient (Wildman–Crippen LogP) is 3.53. The Kier molecular flexibility index (Phi) is 6.50. The Morgan fingerprint density at radius 2 is 1.88 bits per heavy atom. The van der Waals surface area contributed by atoms with E-state index in [0.29, 0.717) is 28.6 Å². The molecule has 0 saturated carbocycles. The molecule has 1 N–H and O–H groups in total. The van der Waals surface area contributed by atoms with Crippen molar-refractivity contribution in [3.05, 3.63) is 53.6 Å². The van der Waals surface area contributed by atoms with Gasteiger partial charge in [-0.2, -0.15) is 0 Å². The van der Waals surface area contributed by atoms with Gasteiger partial charge in [-0.15, -0.1) is 0 Å². The van der Waals surface area contributed by atoms with Crippen molar-refractivity contribution in [1.82, 2.24) is 0 Å². The van der Waals surface area contributed by atoms with Crippen molar-refractivity contribution in [3.8, 4) is 5.75 Å². The second-order valence-corrected chi connectivity index (χ2v) is 8.19. The Morgan fingerprint density at radius 3 is 2.42 bits per heavy atom. The van der Waals surface area contributed by atoms with Crippen molar-refractivity contribution in [2.24, 2.45) is 0 Å². The number of benzene rings is 2. The van der Waals surface area contributed by atoms with E-state index in [4.69, 9.17) is 16.3 Å². The highest BCUT2D eigenvalue weighted by molar-refractivity contribution is 7.92. The maximum atomic E-state index is 12.4. The van der Waals surface area contributed by atoms with E-state index in [1.54, 1.807) is 48.5 Å². The number of hydrogen-bond acceptors (Lipinski definition) is 4. The number of carbonyl (C=O) groups excluding carboxylic acids is 1. The van der Waals surface area contributed by atoms with Crippen molar-refractivity contribution in [2.45, 2.75) is 19.4 Å². The largest absolute Gasteiger partial charge is 0.481 e. The zero-order valence-electron chi connectivity index (χ0n) is 14.8. The number of anilines is 2. The number of hydrogen-bond donors (Lipinski definition) is 1. The van der Waals surface area contributed by atoms with Crippen LogP contribution in [0.5, 0.6) is 5.75 Å². The third kappa shape index (κ3) is 5.37. The quantitative estimate of drug-likeness (QED) is 0.776. The van der Waals surface area contributed by atoms with E-state index in [-0.39, 0.29) is 5.91 Å². The molecule has 0 radical (unpaired) electrons. The summed E-state index contributed by atoms with van der Waals surface area (Å²) in [4.78, 5) is 12.4. The second-order valence-electron chi connectivity index (χ2n) is 5.74. The van der Waals surface area contributed by atoms with E-state index in [9.17, 15) is 13.2 Å². The minimum atomic E-state index is -3.33. The summed E-state index contributed by atoms with van der Waals surface area (Å²) in [5.41, 5.74) is 1.10. The predicted molar refractivity (Wildman–Crippen MR) is 104 cm³/mol. The molecule has 0 saturated heterocycles. The van der Waals surface area contributed by atoms with Crippen LogP contribution in [0.2, 0.25) is 5.02 Å². The molecule has 0 aliphatic rings. The van der Waals surface area contributed by atoms with Crippen molar-refractivity contribution in [2.75, 3.05) is 22.9 Å². The van der Waals surface area contributed by atoms with E-state index in [1.807, 2.05) is 6.92 Å². The summed E-state index contributed by atoms with van der Waals surface area (Å²) in [6.07, 6.45) is 0.912. The number of rotatable bonds is 7. The first-order chi connectivity index (χ1) is 12.2. The van der Waals surface area contributed by atoms with Crippen molar-refractivity contribution >= 4 is 38.9 Å². The molecule has 0 fully saturated rings. The third-order valence-corrected chi connectivity index (χ3v) is 5.17. The first kappa shape index (κ1) is 20.1. The van der Waals surface area contributed by atoms with Crippen LogP contribution >= 0.6 is 11.6 Å². The SMILES string of the molecule is CCC(Oc1ccc(N(C)S(C)(=O)=O)cc1)C(=O)Nc1cccc(Cl)c1. The summed E-state index contributed by atoms with van der Waals surface area (Å²) < 4.78 is 30.0. The standard InChI is InChI=1S/C18H21ClN2O4S/c1-4-17(18(22)20-14-7-5-6-13(19)12-14)25-16-10-8-15(9-11-16)21(2)26(3,23)24/h5-12,17H,4H2,1-3H3,(H,20,22). The van der Waals surface area contributed by atoms with Crippen LogP contribution in [-0.4, -0.2) is 33.7 Å². The molecule has 0 aliphatic carbocycles. The Balaban J connectivity index is 2.06. The van der Waals surface area contributed by atoms with Gasteiger partial charge in [-0.1, -0.05) is 24.6 Å². The van der Waals surface area contributed by atoms with Crippen molar-refractivity contribution in [3.63, 3.8) is 0 Å². The smallest absolute Gasteiger partial charge is 0.265 e. The molecule has 2 rings (SSSR count). The van der Waals surface area contributed by atoms with Gasteiger partial charge in [0.2, 0.25) is 10.0 Å². The number of nitrogens with zero attached hydrogens (tertiary/aromatic N) is 1. The van der Waals surface area contributed by atoms with Crippen molar-refractivity contribution < 1.29 is 17.9 Å². The van der Waals surface area contributed by atoms with Gasteiger partial charge in [-0.05, 0) is 48.9 Å². The third-order valence-electron chi connectivity index (χ3n) is 3.73. The van der Waals surface area contributed by atoms with Crippen molar-refractivity contribution in [1.29, 1.82) is 0 Å². The molecule has 8 heteroatoms. The van der Waals surface area contributed by atoms with Gasteiger partial charge < -0.3 is 10.1 Å². The van der Waals surface area contributed by atoms with Gasteiger partial charge in [-0.25, -0.2) is 8.42 Å². The van der Waals surface area contributed by atoms with Crippen LogP contribution in [0, 0.1) is 0 Å². The first-order valence-corrected chi connectivity index (χ1v) is 10.2. The van der Waals surface area contributed by atoms with Crippen LogP contribution in [0.1, 0.15) is 13.3 Å². The first-order valence-electron chi connectivity index (χ1n) is 7.97. The maximum absolute atomic E-state index is 12.4. The van der Waals surface area contributed by atoms with Crippen LogP contribution in [-0.2, 0) is 14.8 Å². The van der Waals surface area contributed by atoms with Crippen LogP contribution in [0.4, 0.5) is 11.4 Å². The number of carbonyl (C=O) groups is 1. The number of sulfonamides is 1. The molecule has 2 aromatic carbocycles. The van der Waals surface area contributed by atoms with Gasteiger partial charge in [0.15, 0.2) is 6.10 Å². The fourth-order valence-corrected chi connectivity index (χ4v) is 2.90. The van der Waals surface area contributed by atoms with Crippen LogP contribution in [0.25, 0.3) is 0 Å². The normalized spacial score (nSPS) is 12.3. The van der Waals surface area contributed by atoms with Gasteiger partial charge in [0.25, 0.3) is 5.91 Å². The van der Waals surface area contributed by atoms with Crippen LogP contribution in [0.3, 0.4) is 0 Å². The molecule has 6 nitrogen and oxygen atoms in total. The highest BCUT2D eigenvalue weighted by Gasteiger charge is 2.19. The highest BCUT2D eigenvalue weighted by Crippen LogP contribution is 2.22. The topological polar surface area (TPSA) is 75.7 Å². The lowest BCUT2D eigenvalue weighted by Gasteiger charge is -2.19. The summed E-state index contributed by atoms with van der Waals surface area (Å²) in [5.74, 6) is 0.191. The molecule has 140 valence electrons. The summed E-state index contributed by atoms with van der Waals surface area (Å²) in [6.45, 7) is 1.84. The Bertz CT molecular complexity index is 869. The second kappa shape index (κ2) is 8.42. The zero-order chi connectivity index (χ0) is 19.3. The van der Waals surface area contributed by atoms with E-state index in [2.05, 4.69) is 5.32 Å². The molecule has 0 spiro atoms. The molecular formula is C18H21ClN2O4S. The molecule has 1 amide bonds. The molecule has 2 aromatic rings. The average molecular weight is 397 g/mol. The number of halogens is 1. The molecule has 0 aliphatic heterocycles. The molecule has 1 unspecified atom stereocenters. The van der Waals surface area contributed by atoms with Gasteiger partial charge in [0.05, 0.1) is 11.9 Å². The monoisotopic (exact) mass is 396 g/mol. The van der Waals surface area contributed by atoms with Gasteiger partial charge in [0.1, 0.15) is 5.75 Å². The summed E-state index contributed by atoms with van der Waals surface area (Å²) in [5, 5.41) is 3.30. The Labute approximate surface area is 158 Å². The number of amides is 1. The summed E-state index contributed by atoms with van der Waals surface area (Å²) >= 11 is 5.91. The molecular weight excluding hydrogens is 376 g/mol. The lowest BCUT2D eigenvalue weighted by atomic mass is 10.2. The molecule has 0 bridgehead atoms. The maximum Gasteiger partial charge on any atom is 0.265 e. The van der Waals surface area contributed by atoms with E-state index in [0.717, 1.165) is 6.26 Å². The Hall–Kier alpha value is -2.25. The van der Waals surface area contributed by atoms with Gasteiger partial charge >= 0.3 is 0 Å². The number of nitrogens with one attached hydrogen (secondary N) is 1. The highest BCUT2D eigenvalue weighted by atomic mass is 35.5. The van der Waals surface area contributed by atoms with Crippen LogP contribution in [0.15, 0.2) is 48.5 Å². The average Bonchev–Trinajstić information content (AvgIpc) is 2.58. The van der Waals surface area contributed by atoms with Crippen LogP contribution < -0.4 is 14.4 Å². The molecule has 0 aromatic heterocycles. The van der Waals surface area contributed by atoms with E-state index in [1.165, 1.54) is 11.4 Å². The van der Waals surface area contributed by atoms with E-state index < -0.39 is 16.1 Å². The summed E-state index contributed by atoms with van der Waals surface area (Å²) in [7, 11) is -1.86. The fraction of sp³-hybridized carbons (Fsp3) is 0.278. The molecule has 26 heavy (non-hydrogen) atoms. The zero-order valence-corrected chi connectivity index (χ0v) is 16.3. The van der Waals surface area contributed by atoms with Gasteiger partial charge in [0, 0.05) is 17.8 Å². The lowest BCUT2D eigenvalue weighted by Crippen LogP contribution is -2.32. The lowest BCUT2D eigenvalue weighted by molar-refractivity contribution is -0.122. The van der Waals surface area contributed by atoms with Gasteiger partial charge in [-0.3, -0.25) is 9.10 Å². The molecule has 0 heterocycles. The molecule has 1 atom stereocenters. The summed E-state index contributed by atoms with van der Waals surface area (Å²) in [6, 6.07) is 13.4.